The third-order valence-corrected chi connectivity index (χ3v) is 1.84. The van der Waals surface area contributed by atoms with E-state index in [0.29, 0.717) is 10.7 Å². The molecule has 0 heterocycles. The van der Waals surface area contributed by atoms with E-state index in [9.17, 15) is 4.39 Å². The Kier molecular flexibility index (Phi) is 3.65. The Labute approximate surface area is 86.9 Å². The molecule has 0 aromatic heterocycles. The topological polar surface area (TPSA) is 38.4 Å². The van der Waals surface area contributed by atoms with Gasteiger partial charge in [-0.3, -0.25) is 4.99 Å². The molecular formula is C10H10ClFN2. The minimum absolute atomic E-state index is 0.269. The van der Waals surface area contributed by atoms with Gasteiger partial charge < -0.3 is 5.73 Å². The molecule has 0 unspecified atom stereocenters. The predicted molar refractivity (Wildman–Crippen MR) is 57.2 cm³/mol. The van der Waals surface area contributed by atoms with Crippen LogP contribution in [0.1, 0.15) is 5.56 Å². The van der Waals surface area contributed by atoms with E-state index in [1.807, 2.05) is 0 Å². The highest BCUT2D eigenvalue weighted by atomic mass is 35.5. The number of hydrogen-bond donors (Lipinski definition) is 1. The first kappa shape index (κ1) is 10.7. The molecule has 0 saturated heterocycles. The molecule has 2 nitrogen and oxygen atoms in total. The number of halogens is 2. The van der Waals surface area contributed by atoms with Gasteiger partial charge in [0.2, 0.25) is 0 Å². The lowest BCUT2D eigenvalue weighted by Gasteiger charge is -1.98. The summed E-state index contributed by atoms with van der Waals surface area (Å²) in [6.45, 7) is 3.74. The summed E-state index contributed by atoms with van der Waals surface area (Å²) < 4.78 is 13.1. The summed E-state index contributed by atoms with van der Waals surface area (Å²) in [6.07, 6.45) is 1.36. The fraction of sp³-hybridized carbons (Fsp3) is 0.100. The smallest absolute Gasteiger partial charge is 0.133 e. The molecule has 0 fully saturated rings. The molecule has 0 aliphatic carbocycles. The summed E-state index contributed by atoms with van der Waals surface area (Å²) in [4.78, 5) is 3.89. The summed E-state index contributed by atoms with van der Waals surface area (Å²) in [5.41, 5.74) is 6.00. The zero-order valence-corrected chi connectivity index (χ0v) is 8.26. The van der Waals surface area contributed by atoms with Crippen LogP contribution in [0.4, 0.5) is 4.39 Å². The van der Waals surface area contributed by atoms with Crippen LogP contribution in [0.5, 0.6) is 0 Å². The second-order valence-corrected chi connectivity index (χ2v) is 3.17. The van der Waals surface area contributed by atoms with Crippen molar-refractivity contribution in [1.82, 2.24) is 0 Å². The number of aliphatic imine (C=N–C) groups is 1. The highest BCUT2D eigenvalue weighted by molar-refractivity contribution is 6.33. The highest BCUT2D eigenvalue weighted by Gasteiger charge is 2.02. The number of hydrogen-bond acceptors (Lipinski definition) is 2. The third-order valence-electron chi connectivity index (χ3n) is 1.51. The van der Waals surface area contributed by atoms with Gasteiger partial charge in [-0.25, -0.2) is 4.39 Å². The SMILES string of the molecule is C=C(N)CN=Cc1c(F)cccc1Cl. The summed E-state index contributed by atoms with van der Waals surface area (Å²) in [7, 11) is 0. The van der Waals surface area contributed by atoms with Crippen LogP contribution in [0.15, 0.2) is 35.5 Å². The van der Waals surface area contributed by atoms with Crippen molar-refractivity contribution in [2.75, 3.05) is 6.54 Å². The van der Waals surface area contributed by atoms with Crippen LogP contribution in [0.2, 0.25) is 5.02 Å². The summed E-state index contributed by atoms with van der Waals surface area (Å²) >= 11 is 5.76. The van der Waals surface area contributed by atoms with Gasteiger partial charge in [0, 0.05) is 17.5 Å². The van der Waals surface area contributed by atoms with Gasteiger partial charge in [-0.05, 0) is 12.1 Å². The standard InChI is InChI=1S/C10H10ClFN2/c1-7(13)5-14-6-8-9(11)3-2-4-10(8)12/h2-4,6H,1,5,13H2. The van der Waals surface area contributed by atoms with E-state index in [-0.39, 0.29) is 12.1 Å². The normalized spacial score (nSPS) is 10.7. The van der Waals surface area contributed by atoms with Crippen molar-refractivity contribution in [1.29, 1.82) is 0 Å². The molecule has 74 valence electrons. The highest BCUT2D eigenvalue weighted by Crippen LogP contribution is 2.16. The van der Waals surface area contributed by atoms with Crippen LogP contribution >= 0.6 is 11.6 Å². The average Bonchev–Trinajstić information content (AvgIpc) is 2.09. The Morgan fingerprint density at radius 3 is 2.93 bits per heavy atom. The molecule has 0 saturated carbocycles. The van der Waals surface area contributed by atoms with Crippen LogP contribution in [0, 0.1) is 5.82 Å². The van der Waals surface area contributed by atoms with Gasteiger partial charge >= 0.3 is 0 Å². The molecule has 2 N–H and O–H groups in total. The Hall–Kier alpha value is -1.35. The molecule has 0 radical (unpaired) electrons. The molecule has 0 bridgehead atoms. The predicted octanol–water partition coefficient (Wildman–Crippen LogP) is 2.37. The maximum absolute atomic E-state index is 13.1. The molecule has 0 amide bonds. The van der Waals surface area contributed by atoms with Gasteiger partial charge in [-0.2, -0.15) is 0 Å². The van der Waals surface area contributed by atoms with Crippen molar-refractivity contribution >= 4 is 17.8 Å². The largest absolute Gasteiger partial charge is 0.401 e. The minimum Gasteiger partial charge on any atom is -0.401 e. The van der Waals surface area contributed by atoms with Crippen molar-refractivity contribution < 1.29 is 4.39 Å². The second kappa shape index (κ2) is 4.77. The fourth-order valence-corrected chi connectivity index (χ4v) is 1.10. The molecule has 4 heteroatoms. The summed E-state index contributed by atoms with van der Waals surface area (Å²) in [5, 5.41) is 0.330. The van der Waals surface area contributed by atoms with E-state index in [2.05, 4.69) is 11.6 Å². The van der Waals surface area contributed by atoms with Crippen LogP contribution in [-0.4, -0.2) is 12.8 Å². The van der Waals surface area contributed by atoms with Crippen molar-refractivity contribution in [2.24, 2.45) is 10.7 Å². The van der Waals surface area contributed by atoms with E-state index in [4.69, 9.17) is 17.3 Å². The van der Waals surface area contributed by atoms with Crippen molar-refractivity contribution in [2.45, 2.75) is 0 Å². The molecule has 14 heavy (non-hydrogen) atoms. The number of nitrogens with zero attached hydrogens (tertiary/aromatic N) is 1. The quantitative estimate of drug-likeness (QED) is 0.768. The first-order valence-corrected chi connectivity index (χ1v) is 4.36. The summed E-state index contributed by atoms with van der Waals surface area (Å²) in [6, 6.07) is 4.46. The van der Waals surface area contributed by atoms with Crippen LogP contribution in [-0.2, 0) is 0 Å². The monoisotopic (exact) mass is 212 g/mol. The van der Waals surface area contributed by atoms with Gasteiger partial charge in [0.1, 0.15) is 5.82 Å². The lowest BCUT2D eigenvalue weighted by molar-refractivity contribution is 0.626. The van der Waals surface area contributed by atoms with E-state index in [0.717, 1.165) is 0 Å². The van der Waals surface area contributed by atoms with E-state index in [1.165, 1.54) is 18.3 Å². The Morgan fingerprint density at radius 2 is 2.36 bits per heavy atom. The minimum atomic E-state index is -0.399. The number of rotatable bonds is 3. The van der Waals surface area contributed by atoms with Crippen LogP contribution < -0.4 is 5.73 Å². The maximum atomic E-state index is 13.1. The van der Waals surface area contributed by atoms with Gasteiger partial charge in [0.25, 0.3) is 0 Å². The zero-order chi connectivity index (χ0) is 10.6. The number of nitrogens with two attached hydrogens (primary N) is 1. The lowest BCUT2D eigenvalue weighted by Crippen LogP contribution is -1.99. The van der Waals surface area contributed by atoms with E-state index >= 15 is 0 Å². The Bertz CT molecular complexity index is 354. The van der Waals surface area contributed by atoms with Crippen molar-refractivity contribution in [3.63, 3.8) is 0 Å². The zero-order valence-electron chi connectivity index (χ0n) is 7.50. The molecule has 0 atom stereocenters. The fourth-order valence-electron chi connectivity index (χ4n) is 0.888. The molecular weight excluding hydrogens is 203 g/mol. The Balaban J connectivity index is 2.85. The maximum Gasteiger partial charge on any atom is 0.133 e. The average molecular weight is 213 g/mol. The van der Waals surface area contributed by atoms with Crippen LogP contribution in [0.25, 0.3) is 0 Å². The first-order valence-electron chi connectivity index (χ1n) is 3.98. The summed E-state index contributed by atoms with van der Waals surface area (Å²) in [5.74, 6) is -0.399. The van der Waals surface area contributed by atoms with Gasteiger partial charge in [0.15, 0.2) is 0 Å². The molecule has 1 aromatic rings. The molecule has 0 aliphatic rings. The van der Waals surface area contributed by atoms with Crippen molar-refractivity contribution in [3.05, 3.63) is 46.9 Å². The van der Waals surface area contributed by atoms with Crippen molar-refractivity contribution in [3.8, 4) is 0 Å². The molecule has 1 rings (SSSR count). The van der Waals surface area contributed by atoms with Gasteiger partial charge in [0.05, 0.1) is 11.6 Å². The third kappa shape index (κ3) is 2.85. The van der Waals surface area contributed by atoms with E-state index in [1.54, 1.807) is 6.07 Å². The Morgan fingerprint density at radius 1 is 1.64 bits per heavy atom. The lowest BCUT2D eigenvalue weighted by atomic mass is 10.2. The molecule has 0 spiro atoms. The molecule has 0 aliphatic heterocycles. The van der Waals surface area contributed by atoms with Gasteiger partial charge in [-0.1, -0.05) is 24.2 Å². The van der Waals surface area contributed by atoms with E-state index < -0.39 is 5.82 Å². The second-order valence-electron chi connectivity index (χ2n) is 2.76. The van der Waals surface area contributed by atoms with Crippen LogP contribution in [0.3, 0.4) is 0 Å². The molecule has 1 aromatic carbocycles. The number of benzene rings is 1. The first-order chi connectivity index (χ1) is 6.61. The van der Waals surface area contributed by atoms with Gasteiger partial charge in [-0.15, -0.1) is 0 Å².